The Morgan fingerprint density at radius 3 is 2.59 bits per heavy atom. The van der Waals surface area contributed by atoms with E-state index in [0.29, 0.717) is 39.3 Å². The van der Waals surface area contributed by atoms with Crippen LogP contribution in [0, 0.1) is 0 Å². The molecule has 0 aliphatic carbocycles. The van der Waals surface area contributed by atoms with Crippen molar-refractivity contribution in [1.29, 1.82) is 0 Å². The number of para-hydroxylation sites is 2. The molecule has 3 heterocycles. The summed E-state index contributed by atoms with van der Waals surface area (Å²) in [7, 11) is 3.05. The van der Waals surface area contributed by atoms with Crippen LogP contribution in [0.5, 0.6) is 23.0 Å². The van der Waals surface area contributed by atoms with Gasteiger partial charge in [-0.05, 0) is 41.8 Å². The van der Waals surface area contributed by atoms with Crippen molar-refractivity contribution in [2.75, 3.05) is 14.2 Å². The maximum absolute atomic E-state index is 13.3. The van der Waals surface area contributed by atoms with Gasteiger partial charge in [0.2, 0.25) is 5.78 Å². The van der Waals surface area contributed by atoms with Crippen molar-refractivity contribution >= 4 is 28.7 Å². The van der Waals surface area contributed by atoms with Gasteiger partial charge in [0.1, 0.15) is 11.5 Å². The number of hydrogen-bond donors (Lipinski definition) is 1. The molecule has 1 atom stereocenters. The number of methoxy groups -OCH3 is 2. The molecule has 184 valence electrons. The van der Waals surface area contributed by atoms with Gasteiger partial charge in [-0.15, -0.1) is 0 Å². The first-order chi connectivity index (χ1) is 18.0. The van der Waals surface area contributed by atoms with Crippen molar-refractivity contribution in [1.82, 2.24) is 4.98 Å². The number of benzene rings is 3. The Labute approximate surface area is 211 Å². The summed E-state index contributed by atoms with van der Waals surface area (Å²) in [4.78, 5) is 41.8. The number of carbonyl (C=O) groups excluding carboxylic acids is 2. The molecule has 37 heavy (non-hydrogen) atoms. The Kier molecular flexibility index (Phi) is 5.30. The molecule has 1 aromatic heterocycles. The van der Waals surface area contributed by atoms with Crippen molar-refractivity contribution in [3.63, 3.8) is 0 Å². The van der Waals surface area contributed by atoms with Crippen LogP contribution in [-0.4, -0.2) is 31.0 Å². The Bertz CT molecular complexity index is 1700. The summed E-state index contributed by atoms with van der Waals surface area (Å²) < 4.78 is 22.5. The van der Waals surface area contributed by atoms with E-state index >= 15 is 0 Å². The third-order valence-electron chi connectivity index (χ3n) is 6.66. The van der Waals surface area contributed by atoms with Gasteiger partial charge < -0.3 is 23.9 Å². The zero-order valence-corrected chi connectivity index (χ0v) is 20.0. The Morgan fingerprint density at radius 2 is 1.78 bits per heavy atom. The molecule has 0 amide bonds. The summed E-state index contributed by atoms with van der Waals surface area (Å²) in [5.41, 5.74) is 2.19. The number of ketones is 1. The van der Waals surface area contributed by atoms with E-state index in [1.165, 1.54) is 14.2 Å². The van der Waals surface area contributed by atoms with E-state index in [1.807, 2.05) is 24.3 Å². The van der Waals surface area contributed by atoms with Crippen molar-refractivity contribution in [3.8, 4) is 23.0 Å². The van der Waals surface area contributed by atoms with E-state index in [9.17, 15) is 14.4 Å². The summed E-state index contributed by atoms with van der Waals surface area (Å²) >= 11 is 0. The second kappa shape index (κ2) is 8.67. The lowest BCUT2D eigenvalue weighted by Crippen LogP contribution is -2.26. The monoisotopic (exact) mass is 495 g/mol. The van der Waals surface area contributed by atoms with Gasteiger partial charge >= 0.3 is 5.97 Å². The molecule has 2 aliphatic rings. The van der Waals surface area contributed by atoms with Gasteiger partial charge in [-0.3, -0.25) is 14.4 Å². The van der Waals surface area contributed by atoms with E-state index in [-0.39, 0.29) is 35.0 Å². The topological polar surface area (TPSA) is 104 Å². The first kappa shape index (κ1) is 22.6. The first-order valence-corrected chi connectivity index (χ1v) is 11.6. The lowest BCUT2D eigenvalue weighted by molar-refractivity contribution is -0.135. The molecule has 0 fully saturated rings. The molecule has 3 aromatic carbocycles. The number of fused-ring (bicyclic) bond motifs is 4. The van der Waals surface area contributed by atoms with Crippen LogP contribution in [0.4, 0.5) is 0 Å². The fourth-order valence-electron chi connectivity index (χ4n) is 4.96. The minimum atomic E-state index is -0.655. The highest BCUT2D eigenvalue weighted by Gasteiger charge is 2.39. The molecule has 4 aromatic rings. The van der Waals surface area contributed by atoms with Gasteiger partial charge in [-0.1, -0.05) is 30.3 Å². The normalized spacial score (nSPS) is 17.2. The minimum absolute atomic E-state index is 0.0643. The highest BCUT2D eigenvalue weighted by Crippen LogP contribution is 2.49. The van der Waals surface area contributed by atoms with Gasteiger partial charge in [0.15, 0.2) is 17.3 Å². The van der Waals surface area contributed by atoms with Crippen molar-refractivity contribution in [3.05, 3.63) is 99.0 Å². The number of nitrogens with one attached hydrogen (secondary N) is 1. The highest BCUT2D eigenvalue weighted by molar-refractivity contribution is 6.15. The fraction of sp³-hybridized carbons (Fsp3) is 0.138. The molecule has 6 rings (SSSR count). The number of aromatic amines is 1. The quantitative estimate of drug-likeness (QED) is 0.251. The molecule has 1 N–H and O–H groups in total. The number of esters is 1. The van der Waals surface area contributed by atoms with Crippen LogP contribution in [0.2, 0.25) is 0 Å². The van der Waals surface area contributed by atoms with Gasteiger partial charge in [-0.2, -0.15) is 0 Å². The number of pyridine rings is 1. The molecule has 0 spiro atoms. The molecule has 8 heteroatoms. The Balaban J connectivity index is 1.49. The molecule has 8 nitrogen and oxygen atoms in total. The smallest absolute Gasteiger partial charge is 0.312 e. The lowest BCUT2D eigenvalue weighted by Gasteiger charge is -2.26. The van der Waals surface area contributed by atoms with Crippen LogP contribution in [0.25, 0.3) is 17.0 Å². The largest absolute Gasteiger partial charge is 0.493 e. The average Bonchev–Trinajstić information content (AvgIpc) is 3.22. The fourth-order valence-corrected chi connectivity index (χ4v) is 4.96. The number of rotatable bonds is 4. The van der Waals surface area contributed by atoms with Crippen LogP contribution in [0.15, 0.2) is 71.2 Å². The Morgan fingerprint density at radius 1 is 0.946 bits per heavy atom. The van der Waals surface area contributed by atoms with E-state index in [4.69, 9.17) is 18.9 Å². The average molecular weight is 495 g/mol. The summed E-state index contributed by atoms with van der Waals surface area (Å²) in [5.74, 6) is 0.148. The van der Waals surface area contributed by atoms with Gasteiger partial charge in [-0.25, -0.2) is 0 Å². The van der Waals surface area contributed by atoms with E-state index in [2.05, 4.69) is 4.98 Å². The summed E-state index contributed by atoms with van der Waals surface area (Å²) in [6.07, 6.45) is 1.52. The number of H-pyrrole nitrogens is 1. The van der Waals surface area contributed by atoms with Crippen LogP contribution in [-0.2, 0) is 4.79 Å². The zero-order valence-electron chi connectivity index (χ0n) is 20.0. The summed E-state index contributed by atoms with van der Waals surface area (Å²) in [6.45, 7) is 0. The van der Waals surface area contributed by atoms with Crippen LogP contribution in [0.3, 0.4) is 0 Å². The molecular formula is C29H21NO7. The summed E-state index contributed by atoms with van der Waals surface area (Å²) in [6, 6.07) is 17.6. The standard InChI is InChI=1S/C29H21NO7/c1-34-22-9-5-7-16(27(22)35-2)13-23-26(32)17-10-11-21-25(28(17)37-23)18(14-24(31)36-21)19-12-15-6-3-4-8-20(15)30-29(19)33/h3-13,18H,14H2,1-2H3,(H,30,33)/b23-13-/t18-/m1/s1. The molecule has 0 bridgehead atoms. The second-order valence-electron chi connectivity index (χ2n) is 8.75. The predicted octanol–water partition coefficient (Wildman–Crippen LogP) is 4.60. The third-order valence-corrected chi connectivity index (χ3v) is 6.66. The van der Waals surface area contributed by atoms with Crippen molar-refractivity contribution in [2.45, 2.75) is 12.3 Å². The number of carbonyl (C=O) groups is 2. The van der Waals surface area contributed by atoms with E-state index < -0.39 is 11.9 Å². The number of hydrogen-bond acceptors (Lipinski definition) is 7. The highest BCUT2D eigenvalue weighted by atomic mass is 16.5. The van der Waals surface area contributed by atoms with Crippen LogP contribution in [0.1, 0.15) is 39.4 Å². The van der Waals surface area contributed by atoms with Crippen LogP contribution < -0.4 is 24.5 Å². The van der Waals surface area contributed by atoms with Crippen molar-refractivity contribution in [2.24, 2.45) is 0 Å². The maximum Gasteiger partial charge on any atom is 0.312 e. The second-order valence-corrected chi connectivity index (χ2v) is 8.75. The van der Waals surface area contributed by atoms with Crippen LogP contribution >= 0.6 is 0 Å². The zero-order chi connectivity index (χ0) is 25.7. The SMILES string of the molecule is COc1cccc(/C=C2\Oc3c(ccc4c3[C@@H](c3cc5ccccc5[nH]c3=O)CC(=O)O4)C2=O)c1OC. The molecule has 0 saturated heterocycles. The number of Topliss-reactive ketones (excluding diaryl/α,β-unsaturated/α-hetero) is 1. The van der Waals surface area contributed by atoms with E-state index in [0.717, 1.165) is 5.39 Å². The number of ether oxygens (including phenoxy) is 4. The summed E-state index contributed by atoms with van der Waals surface area (Å²) in [5, 5.41) is 0.827. The first-order valence-electron chi connectivity index (χ1n) is 11.6. The predicted molar refractivity (Wildman–Crippen MR) is 136 cm³/mol. The molecule has 0 radical (unpaired) electrons. The third kappa shape index (κ3) is 3.65. The minimum Gasteiger partial charge on any atom is -0.493 e. The molecule has 0 saturated carbocycles. The van der Waals surface area contributed by atoms with Crippen molar-refractivity contribution < 1.29 is 28.5 Å². The molecular weight excluding hydrogens is 474 g/mol. The van der Waals surface area contributed by atoms with E-state index in [1.54, 1.807) is 42.5 Å². The van der Waals surface area contributed by atoms with Gasteiger partial charge in [0.25, 0.3) is 5.56 Å². The number of allylic oxidation sites excluding steroid dienone is 1. The lowest BCUT2D eigenvalue weighted by atomic mass is 9.85. The van der Waals surface area contributed by atoms with Gasteiger partial charge in [0, 0.05) is 28.1 Å². The van der Waals surface area contributed by atoms with Gasteiger partial charge in [0.05, 0.1) is 26.2 Å². The Hall–Kier alpha value is -4.85. The number of aromatic nitrogens is 1. The molecule has 2 aliphatic heterocycles. The maximum atomic E-state index is 13.3. The molecule has 0 unspecified atom stereocenters.